The molecule has 0 saturated carbocycles. The number of rotatable bonds is 16. The Morgan fingerprint density at radius 3 is 1.02 bits per heavy atom. The number of hydrogen-bond donors (Lipinski definition) is 2. The largest absolute Gasteiger partial charge is 0.491 e. The molecule has 0 saturated heterocycles. The number of fused-ring (bicyclic) bond motifs is 20. The molecule has 16 nitrogen and oxygen atoms in total. The Balaban J connectivity index is 1.34. The predicted molar refractivity (Wildman–Crippen MR) is 226 cm³/mol. The van der Waals surface area contributed by atoms with Crippen molar-refractivity contribution in [2.75, 3.05) is 81.3 Å². The van der Waals surface area contributed by atoms with E-state index < -0.39 is 0 Å². The third kappa shape index (κ3) is 7.76. The van der Waals surface area contributed by atoms with Crippen LogP contribution in [0.4, 0.5) is 0 Å². The molecule has 2 aliphatic heterocycles. The maximum atomic E-state index is 6.03. The number of nitrogens with one attached hydrogen (secondary N) is 2. The fourth-order valence-electron chi connectivity index (χ4n) is 7.04. The summed E-state index contributed by atoms with van der Waals surface area (Å²) in [6, 6.07) is 23.1. The van der Waals surface area contributed by atoms with Crippen LogP contribution in [0.15, 0.2) is 72.8 Å². The fourth-order valence-corrected chi connectivity index (χ4v) is 7.04. The zero-order valence-electron chi connectivity index (χ0n) is 33.5. The molecule has 0 fully saturated rings. The summed E-state index contributed by atoms with van der Waals surface area (Å²) in [5.41, 5.74) is 5.16. The highest BCUT2D eigenvalue weighted by Crippen LogP contribution is 2.40. The normalized spacial score (nSPS) is 11.8. The van der Waals surface area contributed by atoms with Crippen molar-refractivity contribution in [3.8, 4) is 68.5 Å². The van der Waals surface area contributed by atoms with E-state index in [0.717, 1.165) is 43.8 Å². The van der Waals surface area contributed by atoms with Gasteiger partial charge in [0.2, 0.25) is 0 Å². The summed E-state index contributed by atoms with van der Waals surface area (Å²) in [5, 5.41) is 3.15. The first-order chi connectivity index (χ1) is 29.5. The number of ether oxygens (including phenoxy) is 8. The molecular weight excluding hydrogens is 769 g/mol. The molecule has 0 aliphatic carbocycles. The van der Waals surface area contributed by atoms with Crippen molar-refractivity contribution >= 4 is 44.1 Å². The van der Waals surface area contributed by atoms with Crippen LogP contribution in [0.2, 0.25) is 0 Å². The van der Waals surface area contributed by atoms with Crippen LogP contribution in [0, 0.1) is 0 Å². The van der Waals surface area contributed by atoms with Gasteiger partial charge in [-0.15, -0.1) is 0 Å². The summed E-state index contributed by atoms with van der Waals surface area (Å²) in [4.78, 5) is 37.7. The molecule has 306 valence electrons. The molecule has 0 unspecified atom stereocenters. The van der Waals surface area contributed by atoms with E-state index in [4.69, 9.17) is 67.8 Å². The van der Waals surface area contributed by atoms with Gasteiger partial charge in [0.25, 0.3) is 0 Å². The van der Waals surface area contributed by atoms with Gasteiger partial charge in [-0.3, -0.25) is 0 Å². The molecule has 0 radical (unpaired) electrons. The number of methoxy groups -OCH3 is 4. The molecule has 5 heterocycles. The zero-order chi connectivity index (χ0) is 41.0. The number of hydrogen-bond acceptors (Lipinski definition) is 14. The summed E-state index contributed by atoms with van der Waals surface area (Å²) in [6.45, 7) is 3.28. The van der Waals surface area contributed by atoms with Gasteiger partial charge in [0.1, 0.15) is 72.0 Å². The quantitative estimate of drug-likeness (QED) is 0.0955. The highest BCUT2D eigenvalue weighted by Gasteiger charge is 2.24. The Morgan fingerprint density at radius 1 is 0.333 bits per heavy atom. The Kier molecular flexibility index (Phi) is 11.1. The lowest BCUT2D eigenvalue weighted by Crippen LogP contribution is -2.04. The van der Waals surface area contributed by atoms with E-state index in [1.807, 2.05) is 72.8 Å². The fraction of sp³-hybridized carbons (Fsp3) is 0.273. The van der Waals surface area contributed by atoms with Crippen molar-refractivity contribution in [2.24, 2.45) is 0 Å². The number of aromatic nitrogens is 8. The number of H-pyrrole nitrogens is 2. The van der Waals surface area contributed by atoms with E-state index in [9.17, 15) is 0 Å². The summed E-state index contributed by atoms with van der Waals surface area (Å²) < 4.78 is 45.0. The maximum Gasteiger partial charge on any atom is 0.164 e. The van der Waals surface area contributed by atoms with Crippen LogP contribution < -0.4 is 18.9 Å². The molecule has 8 bridgehead atoms. The molecule has 60 heavy (non-hydrogen) atoms. The molecule has 0 amide bonds. The maximum absolute atomic E-state index is 6.03. The van der Waals surface area contributed by atoms with E-state index in [2.05, 4.69) is 9.97 Å². The molecule has 4 aromatic carbocycles. The predicted octanol–water partition coefficient (Wildman–Crippen LogP) is 6.97. The molecule has 2 aliphatic rings. The summed E-state index contributed by atoms with van der Waals surface area (Å²) in [5.74, 6) is 4.37. The van der Waals surface area contributed by atoms with Crippen molar-refractivity contribution < 1.29 is 37.9 Å². The zero-order valence-corrected chi connectivity index (χ0v) is 33.5. The van der Waals surface area contributed by atoms with Crippen molar-refractivity contribution in [3.05, 3.63) is 72.8 Å². The second-order valence-electron chi connectivity index (χ2n) is 13.8. The lowest BCUT2D eigenvalue weighted by molar-refractivity contribution is 0.146. The summed E-state index contributed by atoms with van der Waals surface area (Å²) >= 11 is 0. The van der Waals surface area contributed by atoms with Crippen molar-refractivity contribution in [3.63, 3.8) is 0 Å². The standard InChI is InChI=1S/C44H42N8O8/c1-53-13-17-57-25-5-9-29-33(21-25)41-45-37(29)50-42-35-23-27(59-19-15-55-3)7-11-31(35)39(47-42)52-44-36-24-28(60-20-16-56-4)8-12-32(36)40(48-44)51-43-34-22-26(58-18-14-54-2)6-10-30(34)38(46-43)49-41/h5-12,21-24H,13-20H2,1-4H3,(H2,45,46,47,48,49,50,51,52). The van der Waals surface area contributed by atoms with Crippen LogP contribution in [0.1, 0.15) is 0 Å². The second kappa shape index (κ2) is 17.2. The van der Waals surface area contributed by atoms with E-state index in [-0.39, 0.29) is 0 Å². The Labute approximate surface area is 343 Å². The van der Waals surface area contributed by atoms with Crippen LogP contribution in [0.5, 0.6) is 23.0 Å². The first-order valence-corrected chi connectivity index (χ1v) is 19.4. The molecule has 0 spiro atoms. The van der Waals surface area contributed by atoms with Gasteiger partial charge < -0.3 is 47.9 Å². The average molecular weight is 811 g/mol. The van der Waals surface area contributed by atoms with Gasteiger partial charge in [-0.05, 0) is 72.8 Å². The van der Waals surface area contributed by atoms with Crippen LogP contribution in [-0.4, -0.2) is 121 Å². The molecule has 0 atom stereocenters. The van der Waals surface area contributed by atoms with E-state index in [0.29, 0.717) is 122 Å². The number of aromatic amines is 2. The van der Waals surface area contributed by atoms with E-state index in [1.54, 1.807) is 28.4 Å². The topological polar surface area (TPSA) is 183 Å². The molecular formula is C44H42N8O8. The van der Waals surface area contributed by atoms with Crippen molar-refractivity contribution in [1.29, 1.82) is 0 Å². The van der Waals surface area contributed by atoms with Gasteiger partial charge in [-0.1, -0.05) is 0 Å². The summed E-state index contributed by atoms with van der Waals surface area (Å²) in [7, 11) is 6.55. The molecule has 2 N–H and O–H groups in total. The Hall–Kier alpha value is -6.72. The monoisotopic (exact) mass is 810 g/mol. The SMILES string of the molecule is COCCOc1ccc2c(c1)-c1nc-2nc2[nH]c(nc3nc(nc4[nH]c(n1)c1ccc(OCCOC)cc41)-c1ccc(OCCOC)cc1-3)c1ccc(OCCOC)cc21. The lowest BCUT2D eigenvalue weighted by Gasteiger charge is -2.07. The van der Waals surface area contributed by atoms with Gasteiger partial charge in [-0.2, -0.15) is 0 Å². The third-order valence-corrected chi connectivity index (χ3v) is 9.94. The second-order valence-corrected chi connectivity index (χ2v) is 13.8. The van der Waals surface area contributed by atoms with Crippen LogP contribution in [0.25, 0.3) is 89.7 Å². The first kappa shape index (κ1) is 38.8. The third-order valence-electron chi connectivity index (χ3n) is 9.94. The highest BCUT2D eigenvalue weighted by atomic mass is 16.5. The van der Waals surface area contributed by atoms with Crippen molar-refractivity contribution in [2.45, 2.75) is 0 Å². The first-order valence-electron chi connectivity index (χ1n) is 19.4. The van der Waals surface area contributed by atoms with Crippen molar-refractivity contribution in [1.82, 2.24) is 39.9 Å². The molecule has 9 rings (SSSR count). The highest BCUT2D eigenvalue weighted by molar-refractivity contribution is 6.07. The van der Waals surface area contributed by atoms with E-state index >= 15 is 0 Å². The van der Waals surface area contributed by atoms with Gasteiger partial charge in [0.05, 0.1) is 26.4 Å². The van der Waals surface area contributed by atoms with Gasteiger partial charge in [-0.25, -0.2) is 29.9 Å². The minimum Gasteiger partial charge on any atom is -0.491 e. The average Bonchev–Trinajstić information content (AvgIpc) is 3.99. The Bertz CT molecular complexity index is 2680. The van der Waals surface area contributed by atoms with Crippen LogP contribution in [-0.2, 0) is 18.9 Å². The number of nitrogens with zero attached hydrogens (tertiary/aromatic N) is 6. The molecule has 3 aromatic heterocycles. The summed E-state index contributed by atoms with van der Waals surface area (Å²) in [6.07, 6.45) is 0. The van der Waals surface area contributed by atoms with Crippen LogP contribution in [0.3, 0.4) is 0 Å². The lowest BCUT2D eigenvalue weighted by atomic mass is 10.1. The molecule has 7 aromatic rings. The molecule has 16 heteroatoms. The van der Waals surface area contributed by atoms with E-state index in [1.165, 1.54) is 0 Å². The number of benzene rings is 4. The van der Waals surface area contributed by atoms with Gasteiger partial charge in [0.15, 0.2) is 23.3 Å². The smallest absolute Gasteiger partial charge is 0.164 e. The van der Waals surface area contributed by atoms with Gasteiger partial charge >= 0.3 is 0 Å². The minimum absolute atomic E-state index is 0.379. The Morgan fingerprint density at radius 2 is 0.650 bits per heavy atom. The minimum atomic E-state index is 0.379. The van der Waals surface area contributed by atoms with Gasteiger partial charge in [0, 0.05) is 72.2 Å². The van der Waals surface area contributed by atoms with Crippen LogP contribution >= 0.6 is 0 Å².